The van der Waals surface area contributed by atoms with Crippen molar-refractivity contribution in [2.24, 2.45) is 0 Å². The Hall–Kier alpha value is -2.28. The molecule has 120 valence electrons. The summed E-state index contributed by atoms with van der Waals surface area (Å²) in [4.78, 5) is 26.9. The number of esters is 1. The zero-order valence-electron chi connectivity index (χ0n) is 12.2. The number of carbonyl (C=O) groups is 2. The predicted molar refractivity (Wildman–Crippen MR) is 80.2 cm³/mol. The van der Waals surface area contributed by atoms with E-state index in [-0.39, 0.29) is 6.54 Å². The van der Waals surface area contributed by atoms with Crippen LogP contribution in [0.1, 0.15) is 26.8 Å². The standard InChI is InChI=1S/C16H13F2NO3S/c1-22-16(21)14-9-6-8-23-12(9)5-7-19(14)15(20)13-10(17)3-2-4-11(13)18/h2-4,6,8,14H,5,7H2,1H3. The largest absolute Gasteiger partial charge is 0.467 e. The Bertz CT molecular complexity index is 754. The number of benzene rings is 1. The van der Waals surface area contributed by atoms with Crippen LogP contribution in [0.25, 0.3) is 0 Å². The number of halogens is 2. The van der Waals surface area contributed by atoms with Crippen molar-refractivity contribution >= 4 is 23.2 Å². The number of thiophene rings is 1. The number of fused-ring (bicyclic) bond motifs is 1. The molecule has 0 aliphatic carbocycles. The van der Waals surface area contributed by atoms with E-state index in [1.807, 2.05) is 5.38 Å². The van der Waals surface area contributed by atoms with Crippen molar-refractivity contribution in [2.45, 2.75) is 12.5 Å². The number of amides is 1. The van der Waals surface area contributed by atoms with E-state index in [2.05, 4.69) is 0 Å². The van der Waals surface area contributed by atoms with Crippen LogP contribution in [0.2, 0.25) is 0 Å². The van der Waals surface area contributed by atoms with E-state index in [1.54, 1.807) is 6.07 Å². The van der Waals surface area contributed by atoms with Crippen molar-refractivity contribution in [3.05, 3.63) is 57.3 Å². The quantitative estimate of drug-likeness (QED) is 0.792. The molecular weight excluding hydrogens is 324 g/mol. The van der Waals surface area contributed by atoms with Gasteiger partial charge in [0.25, 0.3) is 5.91 Å². The number of hydrogen-bond donors (Lipinski definition) is 0. The van der Waals surface area contributed by atoms with Gasteiger partial charge in [0.15, 0.2) is 6.04 Å². The lowest BCUT2D eigenvalue weighted by Gasteiger charge is -2.34. The SMILES string of the molecule is COC(=O)C1c2ccsc2CCN1C(=O)c1c(F)cccc1F. The van der Waals surface area contributed by atoms with Gasteiger partial charge in [-0.1, -0.05) is 6.07 Å². The van der Waals surface area contributed by atoms with Gasteiger partial charge in [0.2, 0.25) is 0 Å². The summed E-state index contributed by atoms with van der Waals surface area (Å²) in [5, 5.41) is 1.82. The molecule has 0 N–H and O–H groups in total. The fourth-order valence-corrected chi connectivity index (χ4v) is 3.65. The van der Waals surface area contributed by atoms with Crippen LogP contribution in [0, 0.1) is 11.6 Å². The maximum Gasteiger partial charge on any atom is 0.333 e. The lowest BCUT2D eigenvalue weighted by Crippen LogP contribution is -2.44. The van der Waals surface area contributed by atoms with Crippen molar-refractivity contribution in [2.75, 3.05) is 13.7 Å². The Balaban J connectivity index is 2.04. The normalized spacial score (nSPS) is 16.8. The first-order valence-electron chi connectivity index (χ1n) is 6.93. The van der Waals surface area contributed by atoms with E-state index in [0.29, 0.717) is 12.0 Å². The number of rotatable bonds is 2. The fraction of sp³-hybridized carbons (Fsp3) is 0.250. The van der Waals surface area contributed by atoms with Gasteiger partial charge in [-0.05, 0) is 35.6 Å². The van der Waals surface area contributed by atoms with Gasteiger partial charge < -0.3 is 9.64 Å². The molecule has 0 saturated carbocycles. The van der Waals surface area contributed by atoms with Gasteiger partial charge in [0, 0.05) is 11.4 Å². The molecule has 0 fully saturated rings. The molecule has 0 spiro atoms. The van der Waals surface area contributed by atoms with E-state index in [9.17, 15) is 18.4 Å². The van der Waals surface area contributed by atoms with Crippen molar-refractivity contribution < 1.29 is 23.1 Å². The summed E-state index contributed by atoms with van der Waals surface area (Å²) in [6, 6.07) is 3.97. The lowest BCUT2D eigenvalue weighted by molar-refractivity contribution is -0.146. The van der Waals surface area contributed by atoms with Gasteiger partial charge in [-0.2, -0.15) is 0 Å². The molecule has 3 rings (SSSR count). The minimum absolute atomic E-state index is 0.194. The molecule has 1 atom stereocenters. The Kier molecular flexibility index (Phi) is 4.12. The second-order valence-corrected chi connectivity index (χ2v) is 6.07. The maximum absolute atomic E-state index is 13.9. The number of methoxy groups -OCH3 is 1. The van der Waals surface area contributed by atoms with Gasteiger partial charge in [-0.15, -0.1) is 11.3 Å². The van der Waals surface area contributed by atoms with E-state index in [4.69, 9.17) is 4.74 Å². The first-order chi connectivity index (χ1) is 11.0. The molecule has 0 bridgehead atoms. The van der Waals surface area contributed by atoms with Crippen molar-refractivity contribution in [3.8, 4) is 0 Å². The van der Waals surface area contributed by atoms with Gasteiger partial charge in [-0.3, -0.25) is 4.79 Å². The van der Waals surface area contributed by atoms with Crippen LogP contribution in [0.5, 0.6) is 0 Å². The van der Waals surface area contributed by atoms with Crippen LogP contribution < -0.4 is 0 Å². The molecule has 1 amide bonds. The topological polar surface area (TPSA) is 46.6 Å². The van der Waals surface area contributed by atoms with Crippen molar-refractivity contribution in [3.63, 3.8) is 0 Å². The highest BCUT2D eigenvalue weighted by atomic mass is 32.1. The Morgan fingerprint density at radius 1 is 1.26 bits per heavy atom. The van der Waals surface area contributed by atoms with Crippen LogP contribution in [0.3, 0.4) is 0 Å². The summed E-state index contributed by atoms with van der Waals surface area (Å²) in [6.07, 6.45) is 0.530. The molecule has 7 heteroatoms. The molecule has 1 aromatic heterocycles. The van der Waals surface area contributed by atoms with Gasteiger partial charge >= 0.3 is 5.97 Å². The predicted octanol–water partition coefficient (Wildman–Crippen LogP) is 2.94. The van der Waals surface area contributed by atoms with Gasteiger partial charge in [0.1, 0.15) is 17.2 Å². The molecule has 4 nitrogen and oxygen atoms in total. The van der Waals surface area contributed by atoms with Crippen molar-refractivity contribution in [1.29, 1.82) is 0 Å². The molecule has 1 unspecified atom stereocenters. The molecule has 1 aromatic carbocycles. The van der Waals surface area contributed by atoms with Crippen LogP contribution >= 0.6 is 11.3 Å². The summed E-state index contributed by atoms with van der Waals surface area (Å²) >= 11 is 1.48. The molecule has 1 aliphatic rings. The van der Waals surface area contributed by atoms with Crippen LogP contribution in [0.4, 0.5) is 8.78 Å². The monoisotopic (exact) mass is 337 g/mol. The highest BCUT2D eigenvalue weighted by Crippen LogP contribution is 2.35. The maximum atomic E-state index is 13.9. The third-order valence-corrected chi connectivity index (χ3v) is 4.82. The third kappa shape index (κ3) is 2.61. The van der Waals surface area contributed by atoms with E-state index in [1.165, 1.54) is 29.4 Å². The number of ether oxygens (including phenoxy) is 1. The molecule has 0 radical (unpaired) electrons. The highest BCUT2D eigenvalue weighted by Gasteiger charge is 2.39. The zero-order valence-corrected chi connectivity index (χ0v) is 13.0. The summed E-state index contributed by atoms with van der Waals surface area (Å²) in [6.45, 7) is 0.194. The van der Waals surface area contributed by atoms with Gasteiger partial charge in [-0.25, -0.2) is 13.6 Å². The fourth-order valence-electron chi connectivity index (χ4n) is 2.75. The van der Waals surface area contributed by atoms with E-state index in [0.717, 1.165) is 17.0 Å². The smallest absolute Gasteiger partial charge is 0.333 e. The van der Waals surface area contributed by atoms with E-state index >= 15 is 0 Å². The average molecular weight is 337 g/mol. The van der Waals surface area contributed by atoms with Crippen LogP contribution in [0.15, 0.2) is 29.6 Å². The number of carbonyl (C=O) groups excluding carboxylic acids is 2. The first-order valence-corrected chi connectivity index (χ1v) is 7.81. The molecule has 0 saturated heterocycles. The molecule has 2 heterocycles. The highest BCUT2D eigenvalue weighted by molar-refractivity contribution is 7.10. The second-order valence-electron chi connectivity index (χ2n) is 5.07. The molecule has 1 aliphatic heterocycles. The van der Waals surface area contributed by atoms with Crippen LogP contribution in [-0.4, -0.2) is 30.4 Å². The summed E-state index contributed by atoms with van der Waals surface area (Å²) in [7, 11) is 1.22. The first kappa shape index (κ1) is 15.6. The third-order valence-electron chi connectivity index (χ3n) is 3.83. The molecule has 23 heavy (non-hydrogen) atoms. The number of hydrogen-bond acceptors (Lipinski definition) is 4. The minimum atomic E-state index is -0.985. The lowest BCUT2D eigenvalue weighted by atomic mass is 9.98. The zero-order chi connectivity index (χ0) is 16.6. The minimum Gasteiger partial charge on any atom is -0.467 e. The van der Waals surface area contributed by atoms with Gasteiger partial charge in [0.05, 0.1) is 7.11 Å². The summed E-state index contributed by atoms with van der Waals surface area (Å²) in [5.74, 6) is -3.38. The summed E-state index contributed by atoms with van der Waals surface area (Å²) < 4.78 is 32.6. The second kappa shape index (κ2) is 6.08. The van der Waals surface area contributed by atoms with E-state index < -0.39 is 35.1 Å². The Morgan fingerprint density at radius 3 is 2.61 bits per heavy atom. The Labute approximate surface area is 135 Å². The average Bonchev–Trinajstić information content (AvgIpc) is 3.01. The summed E-state index contributed by atoms with van der Waals surface area (Å²) in [5.41, 5.74) is -0.00159. The molecule has 2 aromatic rings. The molecular formula is C16H13F2NO3S. The van der Waals surface area contributed by atoms with Crippen molar-refractivity contribution in [1.82, 2.24) is 4.90 Å². The Morgan fingerprint density at radius 2 is 1.96 bits per heavy atom. The van der Waals surface area contributed by atoms with Crippen LogP contribution in [-0.2, 0) is 16.0 Å². The number of nitrogens with zero attached hydrogens (tertiary/aromatic N) is 1.